The van der Waals surface area contributed by atoms with Crippen molar-refractivity contribution in [2.75, 3.05) is 27.3 Å². The Labute approximate surface area is 161 Å². The fourth-order valence-corrected chi connectivity index (χ4v) is 4.38. The van der Waals surface area contributed by atoms with Gasteiger partial charge in [0.1, 0.15) is 0 Å². The Balaban J connectivity index is 1.91. The zero-order valence-electron chi connectivity index (χ0n) is 16.7. The third-order valence-electron chi connectivity index (χ3n) is 6.30. The van der Waals surface area contributed by atoms with Crippen LogP contribution in [0.2, 0.25) is 0 Å². The van der Waals surface area contributed by atoms with Crippen molar-refractivity contribution in [1.82, 2.24) is 4.90 Å². The van der Waals surface area contributed by atoms with E-state index in [0.29, 0.717) is 18.8 Å². The van der Waals surface area contributed by atoms with Crippen LogP contribution in [0.3, 0.4) is 0 Å². The molecular weight excluding hydrogens is 346 g/mol. The molecule has 0 bridgehead atoms. The van der Waals surface area contributed by atoms with Crippen LogP contribution in [0.5, 0.6) is 11.5 Å². The van der Waals surface area contributed by atoms with Crippen molar-refractivity contribution in [2.45, 2.75) is 57.7 Å². The highest BCUT2D eigenvalue weighted by Gasteiger charge is 2.48. The van der Waals surface area contributed by atoms with E-state index in [2.05, 4.69) is 0 Å². The number of hydrogen-bond acceptors (Lipinski definition) is 5. The van der Waals surface area contributed by atoms with E-state index in [1.807, 2.05) is 25.1 Å². The standard InChI is InChI=1S/C21H31NO5/c1-14(23)21(2)13-22(20(24)26-4)12-17(21)15-9-10-18(25-3)19(11-15)27-16-7-5-6-8-16/h9-11,14,16-17,23H,5-8,12-13H2,1-4H3/t14?,17-,21?/m1/s1. The highest BCUT2D eigenvalue weighted by molar-refractivity contribution is 5.68. The van der Waals surface area contributed by atoms with Gasteiger partial charge in [0, 0.05) is 24.4 Å². The molecule has 1 N–H and O–H groups in total. The first kappa shape index (κ1) is 19.8. The number of benzene rings is 1. The lowest BCUT2D eigenvalue weighted by molar-refractivity contribution is 0.0470. The van der Waals surface area contributed by atoms with E-state index in [1.54, 1.807) is 18.9 Å². The van der Waals surface area contributed by atoms with Gasteiger partial charge in [-0.1, -0.05) is 13.0 Å². The van der Waals surface area contributed by atoms with Gasteiger partial charge in [0.05, 0.1) is 26.4 Å². The molecule has 1 heterocycles. The van der Waals surface area contributed by atoms with Gasteiger partial charge in [-0.3, -0.25) is 0 Å². The molecule has 3 rings (SSSR count). The Morgan fingerprint density at radius 2 is 1.96 bits per heavy atom. The minimum absolute atomic E-state index is 0.0200. The number of methoxy groups -OCH3 is 2. The largest absolute Gasteiger partial charge is 0.493 e. The first-order chi connectivity index (χ1) is 12.9. The molecule has 150 valence electrons. The van der Waals surface area contributed by atoms with Gasteiger partial charge in [0.2, 0.25) is 0 Å². The molecule has 1 saturated carbocycles. The predicted molar refractivity (Wildman–Crippen MR) is 102 cm³/mol. The van der Waals surface area contributed by atoms with E-state index in [1.165, 1.54) is 20.0 Å². The molecule has 1 aromatic carbocycles. The molecule has 2 unspecified atom stereocenters. The average Bonchev–Trinajstić information content (AvgIpc) is 3.29. The fourth-order valence-electron chi connectivity index (χ4n) is 4.38. The van der Waals surface area contributed by atoms with Crippen LogP contribution in [-0.2, 0) is 4.74 Å². The molecule has 3 atom stereocenters. The number of likely N-dealkylation sites (tertiary alicyclic amines) is 1. The number of nitrogens with zero attached hydrogens (tertiary/aromatic N) is 1. The number of aliphatic hydroxyl groups is 1. The number of carbonyl (C=O) groups is 1. The van der Waals surface area contributed by atoms with Gasteiger partial charge in [0.15, 0.2) is 11.5 Å². The van der Waals surface area contributed by atoms with Crippen molar-refractivity contribution in [1.29, 1.82) is 0 Å². The van der Waals surface area contributed by atoms with Crippen molar-refractivity contribution < 1.29 is 24.1 Å². The molecule has 27 heavy (non-hydrogen) atoms. The Morgan fingerprint density at radius 1 is 1.26 bits per heavy atom. The van der Waals surface area contributed by atoms with Crippen molar-refractivity contribution in [3.05, 3.63) is 23.8 Å². The number of carbonyl (C=O) groups excluding carboxylic acids is 1. The van der Waals surface area contributed by atoms with E-state index >= 15 is 0 Å². The van der Waals surface area contributed by atoms with Crippen molar-refractivity contribution in [2.24, 2.45) is 5.41 Å². The lowest BCUT2D eigenvalue weighted by Crippen LogP contribution is -2.38. The quantitative estimate of drug-likeness (QED) is 0.850. The van der Waals surface area contributed by atoms with Gasteiger partial charge >= 0.3 is 6.09 Å². The summed E-state index contributed by atoms with van der Waals surface area (Å²) in [5.41, 5.74) is 0.575. The summed E-state index contributed by atoms with van der Waals surface area (Å²) in [5, 5.41) is 10.5. The molecule has 1 amide bonds. The van der Waals surface area contributed by atoms with E-state index in [-0.39, 0.29) is 18.1 Å². The van der Waals surface area contributed by atoms with Crippen molar-refractivity contribution in [3.8, 4) is 11.5 Å². The zero-order valence-corrected chi connectivity index (χ0v) is 16.7. The molecule has 0 aromatic heterocycles. The normalized spacial score (nSPS) is 26.9. The van der Waals surface area contributed by atoms with Crippen LogP contribution < -0.4 is 9.47 Å². The number of rotatable bonds is 5. The Morgan fingerprint density at radius 3 is 2.56 bits per heavy atom. The first-order valence-electron chi connectivity index (χ1n) is 9.74. The molecule has 1 aliphatic heterocycles. The molecule has 2 aliphatic rings. The third kappa shape index (κ3) is 3.86. The van der Waals surface area contributed by atoms with Crippen LogP contribution in [0, 0.1) is 5.41 Å². The van der Waals surface area contributed by atoms with E-state index in [0.717, 1.165) is 24.2 Å². The summed E-state index contributed by atoms with van der Waals surface area (Å²) in [5.74, 6) is 1.44. The smallest absolute Gasteiger partial charge is 0.409 e. The van der Waals surface area contributed by atoms with Crippen LogP contribution >= 0.6 is 0 Å². The van der Waals surface area contributed by atoms with E-state index in [9.17, 15) is 9.90 Å². The molecule has 0 radical (unpaired) electrons. The van der Waals surface area contributed by atoms with Gasteiger partial charge in [-0.15, -0.1) is 0 Å². The Kier molecular flexibility index (Phi) is 5.84. The summed E-state index contributed by atoms with van der Waals surface area (Å²) in [6.45, 7) is 4.76. The van der Waals surface area contributed by atoms with Crippen LogP contribution in [0.15, 0.2) is 18.2 Å². The highest BCUT2D eigenvalue weighted by Crippen LogP contribution is 2.47. The number of aliphatic hydroxyl groups excluding tert-OH is 1. The summed E-state index contributed by atoms with van der Waals surface area (Å²) >= 11 is 0. The Bertz CT molecular complexity index is 671. The second-order valence-corrected chi connectivity index (χ2v) is 8.02. The van der Waals surface area contributed by atoms with E-state index < -0.39 is 11.5 Å². The molecule has 6 nitrogen and oxygen atoms in total. The summed E-state index contributed by atoms with van der Waals surface area (Å²) in [7, 11) is 3.03. The SMILES string of the molecule is COC(=O)N1C[C@H](c2ccc(OC)c(OC3CCCC3)c2)C(C)(C(C)O)C1. The minimum atomic E-state index is -0.571. The third-order valence-corrected chi connectivity index (χ3v) is 6.30. The maximum Gasteiger partial charge on any atom is 0.409 e. The Hall–Kier alpha value is -1.95. The van der Waals surface area contributed by atoms with Crippen LogP contribution in [0.25, 0.3) is 0 Å². The second kappa shape index (κ2) is 7.97. The summed E-state index contributed by atoms with van der Waals surface area (Å²) in [6.07, 6.45) is 3.83. The maximum atomic E-state index is 12.1. The van der Waals surface area contributed by atoms with Gasteiger partial charge in [-0.25, -0.2) is 4.79 Å². The topological polar surface area (TPSA) is 68.2 Å². The van der Waals surface area contributed by atoms with Crippen molar-refractivity contribution in [3.63, 3.8) is 0 Å². The molecule has 1 aliphatic carbocycles. The van der Waals surface area contributed by atoms with Gasteiger partial charge in [-0.05, 0) is 50.3 Å². The number of hydrogen-bond donors (Lipinski definition) is 1. The maximum absolute atomic E-state index is 12.1. The number of amides is 1. The molecule has 1 aromatic rings. The minimum Gasteiger partial charge on any atom is -0.493 e. The van der Waals surface area contributed by atoms with Gasteiger partial charge < -0.3 is 24.2 Å². The molecule has 1 saturated heterocycles. The fraction of sp³-hybridized carbons (Fsp3) is 0.667. The first-order valence-corrected chi connectivity index (χ1v) is 9.74. The zero-order chi connectivity index (χ0) is 19.6. The molecule has 0 spiro atoms. The summed E-state index contributed by atoms with van der Waals surface area (Å²) in [4.78, 5) is 13.7. The summed E-state index contributed by atoms with van der Waals surface area (Å²) < 4.78 is 16.6. The van der Waals surface area contributed by atoms with Gasteiger partial charge in [-0.2, -0.15) is 0 Å². The monoisotopic (exact) mass is 377 g/mol. The van der Waals surface area contributed by atoms with Crippen LogP contribution in [0.4, 0.5) is 4.79 Å². The lowest BCUT2D eigenvalue weighted by atomic mass is 9.72. The average molecular weight is 377 g/mol. The van der Waals surface area contributed by atoms with Crippen molar-refractivity contribution >= 4 is 6.09 Å². The van der Waals surface area contributed by atoms with Crippen LogP contribution in [0.1, 0.15) is 51.0 Å². The van der Waals surface area contributed by atoms with E-state index in [4.69, 9.17) is 14.2 Å². The molecule has 6 heteroatoms. The lowest BCUT2D eigenvalue weighted by Gasteiger charge is -2.33. The molecular formula is C21H31NO5. The molecule has 2 fully saturated rings. The van der Waals surface area contributed by atoms with Crippen LogP contribution in [-0.4, -0.2) is 55.6 Å². The second-order valence-electron chi connectivity index (χ2n) is 8.02. The van der Waals surface area contributed by atoms with Gasteiger partial charge in [0.25, 0.3) is 0 Å². The highest BCUT2D eigenvalue weighted by atomic mass is 16.5. The predicted octanol–water partition coefficient (Wildman–Crippen LogP) is 3.57. The summed E-state index contributed by atoms with van der Waals surface area (Å²) in [6, 6.07) is 5.94. The number of ether oxygens (including phenoxy) is 3.